The molecule has 3 aliphatic rings. The van der Waals surface area contributed by atoms with Gasteiger partial charge >= 0.3 is 0 Å². The number of hydrogen-bond acceptors (Lipinski definition) is 5. The van der Waals surface area contributed by atoms with Gasteiger partial charge in [-0.05, 0) is 37.0 Å². The van der Waals surface area contributed by atoms with E-state index >= 15 is 0 Å². The van der Waals surface area contributed by atoms with E-state index in [9.17, 15) is 21.6 Å². The van der Waals surface area contributed by atoms with Crippen molar-refractivity contribution in [1.29, 1.82) is 0 Å². The van der Waals surface area contributed by atoms with Gasteiger partial charge < -0.3 is 0 Å². The molecule has 0 radical (unpaired) electrons. The molecule has 0 spiro atoms. The molecule has 0 amide bonds. The van der Waals surface area contributed by atoms with E-state index in [1.54, 1.807) is 0 Å². The minimum absolute atomic E-state index is 0.0699. The number of Topliss-reactive ketones (excluding diaryl/α,β-unsaturated/α-hetero) is 1. The lowest BCUT2D eigenvalue weighted by atomic mass is 9.70. The zero-order chi connectivity index (χ0) is 18.7. The lowest BCUT2D eigenvalue weighted by Gasteiger charge is -2.37. The van der Waals surface area contributed by atoms with Gasteiger partial charge in [-0.15, -0.1) is 0 Å². The number of carbonyl (C=O) groups is 1. The van der Waals surface area contributed by atoms with Gasteiger partial charge in [0.2, 0.25) is 20.0 Å². The molecule has 0 aromatic carbocycles. The quantitative estimate of drug-likeness (QED) is 0.743. The monoisotopic (exact) mass is 392 g/mol. The van der Waals surface area contributed by atoms with Crippen molar-refractivity contribution in [2.75, 3.05) is 25.1 Å². The van der Waals surface area contributed by atoms with Gasteiger partial charge in [0.05, 0.1) is 12.0 Å². The van der Waals surface area contributed by atoms with Crippen LogP contribution in [0.5, 0.6) is 0 Å². The van der Waals surface area contributed by atoms with Crippen LogP contribution < -0.4 is 4.72 Å². The van der Waals surface area contributed by atoms with Crippen LogP contribution in [0.2, 0.25) is 0 Å². The number of fused-ring (bicyclic) bond motifs is 2. The van der Waals surface area contributed by atoms with Gasteiger partial charge in [-0.1, -0.05) is 13.8 Å². The number of piperidine rings is 1. The van der Waals surface area contributed by atoms with Crippen LogP contribution in [0, 0.1) is 16.7 Å². The highest BCUT2D eigenvalue weighted by molar-refractivity contribution is 7.89. The summed E-state index contributed by atoms with van der Waals surface area (Å²) in [5, 5.41) is 0. The van der Waals surface area contributed by atoms with E-state index in [1.807, 2.05) is 13.8 Å². The molecule has 1 saturated heterocycles. The Kier molecular flexibility index (Phi) is 4.62. The third-order valence-electron chi connectivity index (χ3n) is 6.77. The fourth-order valence-corrected chi connectivity index (χ4v) is 8.09. The van der Waals surface area contributed by atoms with Crippen molar-refractivity contribution < 1.29 is 21.6 Å². The molecule has 3 fully saturated rings. The number of nitrogens with one attached hydrogen (secondary N) is 1. The Hall–Kier alpha value is -0.510. The van der Waals surface area contributed by atoms with Crippen molar-refractivity contribution in [2.45, 2.75) is 52.0 Å². The van der Waals surface area contributed by atoms with Crippen LogP contribution in [-0.2, 0) is 24.8 Å². The third-order valence-corrected chi connectivity index (χ3v) is 9.61. The molecule has 2 bridgehead atoms. The van der Waals surface area contributed by atoms with Crippen LogP contribution in [0.1, 0.15) is 46.0 Å². The number of rotatable bonds is 5. The first-order valence-electron chi connectivity index (χ1n) is 8.86. The summed E-state index contributed by atoms with van der Waals surface area (Å²) in [7, 11) is -7.00. The van der Waals surface area contributed by atoms with Crippen LogP contribution in [0.4, 0.5) is 0 Å². The molecule has 0 aromatic rings. The largest absolute Gasteiger partial charge is 0.299 e. The van der Waals surface area contributed by atoms with E-state index in [1.165, 1.54) is 4.31 Å². The minimum atomic E-state index is -3.67. The summed E-state index contributed by atoms with van der Waals surface area (Å²) in [5.74, 6) is 0.156. The molecule has 144 valence electrons. The van der Waals surface area contributed by atoms with Crippen molar-refractivity contribution in [3.8, 4) is 0 Å². The van der Waals surface area contributed by atoms with Gasteiger partial charge in [0.25, 0.3) is 0 Å². The highest BCUT2D eigenvalue weighted by Gasteiger charge is 2.65. The number of ketones is 1. The normalized spacial score (nSPS) is 36.0. The molecule has 7 nitrogen and oxygen atoms in total. The van der Waals surface area contributed by atoms with Crippen LogP contribution in [-0.4, -0.2) is 58.1 Å². The molecular formula is C16H28N2O5S2. The second-order valence-corrected chi connectivity index (χ2v) is 12.2. The van der Waals surface area contributed by atoms with Gasteiger partial charge in [-0.25, -0.2) is 25.9 Å². The van der Waals surface area contributed by atoms with E-state index in [0.29, 0.717) is 32.2 Å². The summed E-state index contributed by atoms with van der Waals surface area (Å²) in [6, 6.07) is -0.429. The topological polar surface area (TPSA) is 101 Å². The average molecular weight is 393 g/mol. The molecule has 9 heteroatoms. The first-order chi connectivity index (χ1) is 11.4. The maximum Gasteiger partial charge on any atom is 0.212 e. The summed E-state index contributed by atoms with van der Waals surface area (Å²) >= 11 is 0. The van der Waals surface area contributed by atoms with Gasteiger partial charge in [0.15, 0.2) is 0 Å². The van der Waals surface area contributed by atoms with Gasteiger partial charge in [-0.3, -0.25) is 4.79 Å². The molecule has 1 heterocycles. The SMILES string of the molecule is CC1(C)C2CCC1(CS(=O)(=O)NC1CCCN(S(C)(=O)=O)C1)C(=O)C2. The molecular weight excluding hydrogens is 364 g/mol. The summed E-state index contributed by atoms with van der Waals surface area (Å²) in [6.07, 6.45) is 4.38. The van der Waals surface area contributed by atoms with E-state index < -0.39 is 31.5 Å². The first kappa shape index (κ1) is 19.3. The van der Waals surface area contributed by atoms with E-state index in [0.717, 1.165) is 12.7 Å². The van der Waals surface area contributed by atoms with Crippen LogP contribution in [0.25, 0.3) is 0 Å². The zero-order valence-corrected chi connectivity index (χ0v) is 16.7. The predicted molar refractivity (Wildman–Crippen MR) is 94.9 cm³/mol. The second kappa shape index (κ2) is 6.00. The molecule has 2 aliphatic carbocycles. The molecule has 2 saturated carbocycles. The minimum Gasteiger partial charge on any atom is -0.299 e. The van der Waals surface area contributed by atoms with Crippen molar-refractivity contribution in [3.05, 3.63) is 0 Å². The highest BCUT2D eigenvalue weighted by atomic mass is 32.2. The molecule has 3 rings (SSSR count). The molecule has 3 unspecified atom stereocenters. The Morgan fingerprint density at radius 2 is 1.88 bits per heavy atom. The Morgan fingerprint density at radius 3 is 2.40 bits per heavy atom. The van der Waals surface area contributed by atoms with Crippen molar-refractivity contribution in [1.82, 2.24) is 9.03 Å². The number of sulfonamides is 2. The Balaban J connectivity index is 1.74. The van der Waals surface area contributed by atoms with Crippen LogP contribution >= 0.6 is 0 Å². The van der Waals surface area contributed by atoms with Crippen LogP contribution in [0.15, 0.2) is 0 Å². The maximum absolute atomic E-state index is 12.8. The zero-order valence-electron chi connectivity index (χ0n) is 15.1. The Labute approximate surface area is 150 Å². The van der Waals surface area contributed by atoms with E-state index in [-0.39, 0.29) is 29.4 Å². The van der Waals surface area contributed by atoms with Gasteiger partial charge in [0.1, 0.15) is 5.78 Å². The lowest BCUT2D eigenvalue weighted by Crippen LogP contribution is -2.52. The highest BCUT2D eigenvalue weighted by Crippen LogP contribution is 2.64. The number of nitrogens with zero attached hydrogens (tertiary/aromatic N) is 1. The summed E-state index contributed by atoms with van der Waals surface area (Å²) in [5.41, 5.74) is -1.10. The molecule has 3 atom stereocenters. The van der Waals surface area contributed by atoms with Crippen molar-refractivity contribution >= 4 is 25.8 Å². The summed E-state index contributed by atoms with van der Waals surface area (Å²) < 4.78 is 53.0. The van der Waals surface area contributed by atoms with E-state index in [4.69, 9.17) is 0 Å². The second-order valence-electron chi connectivity index (χ2n) is 8.50. The smallest absolute Gasteiger partial charge is 0.212 e. The number of hydrogen-bond donors (Lipinski definition) is 1. The fourth-order valence-electron chi connectivity index (χ4n) is 5.07. The van der Waals surface area contributed by atoms with Gasteiger partial charge in [0, 0.05) is 31.0 Å². The number of carbonyl (C=O) groups excluding carboxylic acids is 1. The summed E-state index contributed by atoms with van der Waals surface area (Å²) in [6.45, 7) is 4.60. The fraction of sp³-hybridized carbons (Fsp3) is 0.938. The lowest BCUT2D eigenvalue weighted by molar-refractivity contribution is -0.128. The first-order valence-corrected chi connectivity index (χ1v) is 12.4. The standard InChI is InChI=1S/C16H28N2O5S2/c1-15(2)12-6-7-16(15,14(19)9-12)11-25(22,23)17-13-5-4-8-18(10-13)24(3,20)21/h12-13,17H,4-11H2,1-3H3. The van der Waals surface area contributed by atoms with Crippen molar-refractivity contribution in [2.24, 2.45) is 16.7 Å². The van der Waals surface area contributed by atoms with Gasteiger partial charge in [-0.2, -0.15) is 0 Å². The predicted octanol–water partition coefficient (Wildman–Crippen LogP) is 0.725. The average Bonchev–Trinajstić information content (AvgIpc) is 2.79. The van der Waals surface area contributed by atoms with E-state index in [2.05, 4.69) is 4.72 Å². The Bertz CT molecular complexity index is 774. The molecule has 1 aliphatic heterocycles. The molecule has 25 heavy (non-hydrogen) atoms. The Morgan fingerprint density at radius 1 is 1.20 bits per heavy atom. The van der Waals surface area contributed by atoms with Crippen LogP contribution in [0.3, 0.4) is 0 Å². The van der Waals surface area contributed by atoms with Crippen molar-refractivity contribution in [3.63, 3.8) is 0 Å². The molecule has 1 N–H and O–H groups in total. The third kappa shape index (κ3) is 3.28. The molecule has 0 aromatic heterocycles. The summed E-state index contributed by atoms with van der Waals surface area (Å²) in [4.78, 5) is 12.5. The maximum atomic E-state index is 12.8.